The van der Waals surface area contributed by atoms with Crippen molar-refractivity contribution in [3.63, 3.8) is 0 Å². The lowest BCUT2D eigenvalue weighted by atomic mass is 10.1. The van der Waals surface area contributed by atoms with Gasteiger partial charge in [-0.2, -0.15) is 12.6 Å². The van der Waals surface area contributed by atoms with Crippen molar-refractivity contribution in [3.8, 4) is 0 Å². The third-order valence-electron chi connectivity index (χ3n) is 1.91. The van der Waals surface area contributed by atoms with Gasteiger partial charge in [0.25, 0.3) is 0 Å². The molecule has 0 aliphatic heterocycles. The van der Waals surface area contributed by atoms with Crippen molar-refractivity contribution in [2.24, 2.45) is 0 Å². The SMILES string of the molecule is C[C@H](NC(=O)CS)c1cc(F)cc(Cl)c1. The largest absolute Gasteiger partial charge is 0.349 e. The molecule has 0 bridgehead atoms. The van der Waals surface area contributed by atoms with E-state index in [0.717, 1.165) is 0 Å². The van der Waals surface area contributed by atoms with Crippen LogP contribution in [0.15, 0.2) is 18.2 Å². The van der Waals surface area contributed by atoms with E-state index < -0.39 is 5.82 Å². The molecule has 2 nitrogen and oxygen atoms in total. The molecule has 1 amide bonds. The van der Waals surface area contributed by atoms with Gasteiger partial charge in [0.2, 0.25) is 5.91 Å². The Morgan fingerprint density at radius 2 is 2.27 bits per heavy atom. The molecule has 0 spiro atoms. The summed E-state index contributed by atoms with van der Waals surface area (Å²) in [4.78, 5) is 11.1. The fraction of sp³-hybridized carbons (Fsp3) is 0.300. The van der Waals surface area contributed by atoms with Crippen LogP contribution in [0.1, 0.15) is 18.5 Å². The second-order valence-electron chi connectivity index (χ2n) is 3.15. The van der Waals surface area contributed by atoms with Crippen molar-refractivity contribution < 1.29 is 9.18 Å². The topological polar surface area (TPSA) is 29.1 Å². The highest BCUT2D eigenvalue weighted by Gasteiger charge is 2.10. The molecule has 0 radical (unpaired) electrons. The maximum absolute atomic E-state index is 13.0. The average Bonchev–Trinajstić information content (AvgIpc) is 2.16. The maximum atomic E-state index is 13.0. The Bertz CT molecular complexity index is 352. The van der Waals surface area contributed by atoms with Gasteiger partial charge in [-0.15, -0.1) is 0 Å². The first kappa shape index (κ1) is 12.3. The Morgan fingerprint density at radius 3 is 2.80 bits per heavy atom. The van der Waals surface area contributed by atoms with Crippen LogP contribution < -0.4 is 5.32 Å². The normalized spacial score (nSPS) is 12.3. The summed E-state index contributed by atoms with van der Waals surface area (Å²) in [6, 6.07) is 3.90. The lowest BCUT2D eigenvalue weighted by molar-refractivity contribution is -0.119. The van der Waals surface area contributed by atoms with Gasteiger partial charge in [0.1, 0.15) is 5.82 Å². The zero-order chi connectivity index (χ0) is 11.4. The molecule has 1 rings (SSSR count). The number of carbonyl (C=O) groups is 1. The van der Waals surface area contributed by atoms with E-state index in [1.54, 1.807) is 13.0 Å². The van der Waals surface area contributed by atoms with E-state index in [0.29, 0.717) is 10.6 Å². The van der Waals surface area contributed by atoms with E-state index in [9.17, 15) is 9.18 Å². The minimum absolute atomic E-state index is 0.105. The van der Waals surface area contributed by atoms with Crippen LogP contribution in [0.4, 0.5) is 4.39 Å². The van der Waals surface area contributed by atoms with Crippen LogP contribution in [-0.4, -0.2) is 11.7 Å². The molecule has 1 N–H and O–H groups in total. The summed E-state index contributed by atoms with van der Waals surface area (Å²) in [5.41, 5.74) is 0.634. The number of amides is 1. The first-order chi connectivity index (χ1) is 7.02. The smallest absolute Gasteiger partial charge is 0.230 e. The molecule has 5 heteroatoms. The van der Waals surface area contributed by atoms with E-state index in [4.69, 9.17) is 11.6 Å². The third kappa shape index (κ3) is 3.72. The standard InChI is InChI=1S/C10H11ClFNOS/c1-6(13-10(14)5-15)7-2-8(11)4-9(12)3-7/h2-4,6,15H,5H2,1H3,(H,13,14)/t6-/m0/s1. The molecule has 0 saturated heterocycles. The van der Waals surface area contributed by atoms with Crippen LogP contribution in [0, 0.1) is 5.82 Å². The minimum Gasteiger partial charge on any atom is -0.349 e. The van der Waals surface area contributed by atoms with Gasteiger partial charge in [0, 0.05) is 5.02 Å². The number of rotatable bonds is 3. The van der Waals surface area contributed by atoms with E-state index >= 15 is 0 Å². The fourth-order valence-electron chi connectivity index (χ4n) is 1.20. The number of nitrogens with one attached hydrogen (secondary N) is 1. The van der Waals surface area contributed by atoms with E-state index in [2.05, 4.69) is 17.9 Å². The second kappa shape index (κ2) is 5.37. The summed E-state index contributed by atoms with van der Waals surface area (Å²) in [6.45, 7) is 1.76. The molecule has 82 valence electrons. The number of hydrogen-bond acceptors (Lipinski definition) is 2. The van der Waals surface area contributed by atoms with E-state index in [1.807, 2.05) is 0 Å². The minimum atomic E-state index is -0.413. The Hall–Kier alpha value is -0.740. The van der Waals surface area contributed by atoms with Crippen LogP contribution in [0.2, 0.25) is 5.02 Å². The summed E-state index contributed by atoms with van der Waals surface area (Å²) in [6.07, 6.45) is 0. The van der Waals surface area contributed by atoms with Crippen LogP contribution in [-0.2, 0) is 4.79 Å². The van der Waals surface area contributed by atoms with Crippen LogP contribution >= 0.6 is 24.2 Å². The summed E-state index contributed by atoms with van der Waals surface area (Å²) >= 11 is 9.53. The van der Waals surface area contributed by atoms with Gasteiger partial charge in [-0.3, -0.25) is 4.79 Å². The number of benzene rings is 1. The summed E-state index contributed by atoms with van der Waals surface area (Å²) in [5, 5.41) is 2.98. The molecule has 0 fully saturated rings. The molecule has 0 unspecified atom stereocenters. The first-order valence-corrected chi connectivity index (χ1v) is 5.40. The zero-order valence-corrected chi connectivity index (χ0v) is 9.78. The molecule has 0 heterocycles. The maximum Gasteiger partial charge on any atom is 0.230 e. The Balaban J connectivity index is 2.81. The molecule has 1 atom stereocenters. The van der Waals surface area contributed by atoms with Crippen molar-refractivity contribution in [2.75, 3.05) is 5.75 Å². The van der Waals surface area contributed by atoms with Gasteiger partial charge in [-0.05, 0) is 30.7 Å². The number of hydrogen-bond donors (Lipinski definition) is 2. The van der Waals surface area contributed by atoms with Crippen molar-refractivity contribution in [2.45, 2.75) is 13.0 Å². The molecule has 0 aliphatic carbocycles. The lowest BCUT2D eigenvalue weighted by Crippen LogP contribution is -2.27. The number of thiol groups is 1. The predicted molar refractivity (Wildman–Crippen MR) is 61.8 cm³/mol. The Labute approximate surface area is 98.2 Å². The molecule has 0 aromatic heterocycles. The van der Waals surface area contributed by atoms with Gasteiger partial charge in [-0.1, -0.05) is 11.6 Å². The predicted octanol–water partition coefficient (Wildman–Crippen LogP) is 2.59. The Kier molecular flexibility index (Phi) is 4.42. The lowest BCUT2D eigenvalue weighted by Gasteiger charge is -2.13. The quantitative estimate of drug-likeness (QED) is 0.790. The van der Waals surface area contributed by atoms with Gasteiger partial charge in [0.15, 0.2) is 0 Å². The highest BCUT2D eigenvalue weighted by molar-refractivity contribution is 7.81. The van der Waals surface area contributed by atoms with Crippen LogP contribution in [0.3, 0.4) is 0 Å². The van der Waals surface area contributed by atoms with Crippen LogP contribution in [0.25, 0.3) is 0 Å². The fourth-order valence-corrected chi connectivity index (χ4v) is 1.52. The third-order valence-corrected chi connectivity index (χ3v) is 2.41. The number of halogens is 2. The van der Waals surface area contributed by atoms with Crippen molar-refractivity contribution in [1.82, 2.24) is 5.32 Å². The molecule has 1 aromatic carbocycles. The molecule has 0 saturated carbocycles. The average molecular weight is 248 g/mol. The molecular formula is C10H11ClFNOS. The molecule has 15 heavy (non-hydrogen) atoms. The van der Waals surface area contributed by atoms with Crippen LogP contribution in [0.5, 0.6) is 0 Å². The molecule has 1 aromatic rings. The summed E-state index contributed by atoms with van der Waals surface area (Å²) in [7, 11) is 0. The number of carbonyl (C=O) groups excluding carboxylic acids is 1. The van der Waals surface area contributed by atoms with E-state index in [1.165, 1.54) is 12.1 Å². The van der Waals surface area contributed by atoms with Crippen molar-refractivity contribution >= 4 is 30.1 Å². The van der Waals surface area contributed by atoms with Gasteiger partial charge in [0.05, 0.1) is 11.8 Å². The van der Waals surface area contributed by atoms with Crippen molar-refractivity contribution in [1.29, 1.82) is 0 Å². The first-order valence-electron chi connectivity index (χ1n) is 4.39. The van der Waals surface area contributed by atoms with Crippen molar-refractivity contribution in [3.05, 3.63) is 34.6 Å². The monoisotopic (exact) mass is 247 g/mol. The Morgan fingerprint density at radius 1 is 1.60 bits per heavy atom. The van der Waals surface area contributed by atoms with Gasteiger partial charge in [-0.25, -0.2) is 4.39 Å². The highest BCUT2D eigenvalue weighted by atomic mass is 35.5. The van der Waals surface area contributed by atoms with Gasteiger partial charge < -0.3 is 5.32 Å². The summed E-state index contributed by atoms with van der Waals surface area (Å²) < 4.78 is 13.0. The van der Waals surface area contributed by atoms with E-state index in [-0.39, 0.29) is 17.7 Å². The second-order valence-corrected chi connectivity index (χ2v) is 3.90. The zero-order valence-electron chi connectivity index (χ0n) is 8.13. The molecular weight excluding hydrogens is 237 g/mol. The van der Waals surface area contributed by atoms with Gasteiger partial charge >= 0.3 is 0 Å². The molecule has 0 aliphatic rings. The highest BCUT2D eigenvalue weighted by Crippen LogP contribution is 2.19. The summed E-state index contributed by atoms with van der Waals surface area (Å²) in [5.74, 6) is -0.511.